The Morgan fingerprint density at radius 3 is 2.38 bits per heavy atom. The topological polar surface area (TPSA) is 234 Å². The second-order valence-corrected chi connectivity index (χ2v) is 21.8. The molecule has 18 nitrogen and oxygen atoms in total. The molecule has 384 valence electrons. The van der Waals surface area contributed by atoms with Crippen LogP contribution in [0.1, 0.15) is 77.1 Å². The van der Waals surface area contributed by atoms with Gasteiger partial charge >= 0.3 is 10.2 Å². The van der Waals surface area contributed by atoms with Gasteiger partial charge in [-0.1, -0.05) is 81.8 Å². The Balaban J connectivity index is 0.821. The predicted molar refractivity (Wildman–Crippen MR) is 274 cm³/mol. The highest BCUT2D eigenvalue weighted by molar-refractivity contribution is 7.92. The highest BCUT2D eigenvalue weighted by Gasteiger charge is 2.46. The summed E-state index contributed by atoms with van der Waals surface area (Å²) in [4.78, 5) is 73.8. The fourth-order valence-corrected chi connectivity index (χ4v) is 11.0. The monoisotopic (exact) mass is 1040 g/mol. The number of rotatable bonds is 18. The largest absolute Gasteiger partial charge is 0.506 e. The summed E-state index contributed by atoms with van der Waals surface area (Å²) in [5, 5.41) is 24.0. The number of nitrogens with zero attached hydrogens (tertiary/aromatic N) is 5. The highest BCUT2D eigenvalue weighted by Crippen LogP contribution is 2.40. The second kappa shape index (κ2) is 21.8. The van der Waals surface area contributed by atoms with E-state index >= 15 is 4.39 Å². The van der Waals surface area contributed by atoms with Gasteiger partial charge in [0.15, 0.2) is 5.82 Å². The van der Waals surface area contributed by atoms with Gasteiger partial charge in [0.25, 0.3) is 5.91 Å². The van der Waals surface area contributed by atoms with Gasteiger partial charge in [0.1, 0.15) is 48.5 Å². The zero-order valence-electron chi connectivity index (χ0n) is 41.1. The Labute approximate surface area is 426 Å². The molecule has 2 saturated heterocycles. The molecule has 4 atom stereocenters. The van der Waals surface area contributed by atoms with E-state index in [0.717, 1.165) is 21.7 Å². The van der Waals surface area contributed by atoms with Crippen molar-refractivity contribution in [2.24, 2.45) is 5.41 Å². The minimum Gasteiger partial charge on any atom is -0.506 e. The lowest BCUT2D eigenvalue weighted by Crippen LogP contribution is -2.57. The number of phenols is 1. The molecule has 2 aliphatic heterocycles. The molecule has 2 aliphatic rings. The number of phenolic OH excluding ortho intramolecular Hbond substituents is 1. The van der Waals surface area contributed by atoms with Gasteiger partial charge in [-0.3, -0.25) is 28.7 Å². The Kier molecular flexibility index (Phi) is 15.5. The highest BCUT2D eigenvalue weighted by atomic mass is 32.2. The van der Waals surface area contributed by atoms with Gasteiger partial charge in [0.05, 0.1) is 34.9 Å². The SMILES string of the molecule is Cc1ncsc1-c1ccc([C@H](C)NC(=O)[C@@H]2C[C@@H](Oc3ccccc3)CN2C(=O)[C@@H](NC(=O)CCCCCNC(=O)Cn2cc(-c3ccc4cc(O)c(N5CC(=O)NS5(=O)=O)c(F)c4c3)cn2)C(C)(C)C)cc1. The summed E-state index contributed by atoms with van der Waals surface area (Å²) >= 11 is 1.57. The number of aromatic hydroxyl groups is 1. The summed E-state index contributed by atoms with van der Waals surface area (Å²) in [5.41, 5.74) is 4.41. The van der Waals surface area contributed by atoms with Crippen LogP contribution < -0.4 is 29.7 Å². The molecule has 0 unspecified atom stereocenters. The first kappa shape index (κ1) is 51.9. The number of likely N-dealkylation sites (tertiary alicyclic amines) is 1. The quantitative estimate of drug-likeness (QED) is 0.0600. The lowest BCUT2D eigenvalue weighted by atomic mass is 9.85. The van der Waals surface area contributed by atoms with Crippen molar-refractivity contribution in [1.82, 2.24) is 40.3 Å². The molecule has 8 rings (SSSR count). The number of unbranched alkanes of at least 4 members (excludes halogenated alkanes) is 2. The van der Waals surface area contributed by atoms with Gasteiger partial charge in [-0.15, -0.1) is 11.3 Å². The molecule has 2 fully saturated rings. The van der Waals surface area contributed by atoms with Gasteiger partial charge in [-0.2, -0.15) is 13.5 Å². The molecule has 73 heavy (non-hydrogen) atoms. The first-order valence-corrected chi connectivity index (χ1v) is 26.3. The van der Waals surface area contributed by atoms with Gasteiger partial charge < -0.3 is 30.7 Å². The van der Waals surface area contributed by atoms with Crippen LogP contribution in [0.15, 0.2) is 96.8 Å². The number of hydrogen-bond donors (Lipinski definition) is 5. The molecule has 21 heteroatoms. The lowest BCUT2D eigenvalue weighted by molar-refractivity contribution is -0.144. The molecule has 0 spiro atoms. The minimum atomic E-state index is -4.39. The number of aromatic nitrogens is 3. The average molecular weight is 1040 g/mol. The number of nitrogens with one attached hydrogen (secondary N) is 4. The maximum Gasteiger partial charge on any atom is 0.326 e. The molecule has 0 aliphatic carbocycles. The van der Waals surface area contributed by atoms with Gasteiger partial charge in [0.2, 0.25) is 23.6 Å². The zero-order chi connectivity index (χ0) is 52.2. The summed E-state index contributed by atoms with van der Waals surface area (Å²) < 4.78 is 50.6. The summed E-state index contributed by atoms with van der Waals surface area (Å²) in [6.07, 6.45) is 4.72. The third-order valence-corrected chi connectivity index (χ3v) is 15.2. The van der Waals surface area contributed by atoms with Crippen molar-refractivity contribution in [2.45, 2.75) is 97.5 Å². The van der Waals surface area contributed by atoms with E-state index in [0.29, 0.717) is 52.4 Å². The molecule has 5 N–H and O–H groups in total. The van der Waals surface area contributed by atoms with Gasteiger partial charge in [-0.25, -0.2) is 18.4 Å². The Morgan fingerprint density at radius 2 is 1.70 bits per heavy atom. The van der Waals surface area contributed by atoms with Crippen LogP contribution in [0.4, 0.5) is 10.1 Å². The summed E-state index contributed by atoms with van der Waals surface area (Å²) in [6.45, 7) is 9.17. The van der Waals surface area contributed by atoms with Crippen LogP contribution in [-0.2, 0) is 40.7 Å². The van der Waals surface area contributed by atoms with Gasteiger partial charge in [0, 0.05) is 36.5 Å². The Bertz CT molecular complexity index is 3140. The standard InChI is InChI=1S/C52H58FN9O9S2/c1-31(33-15-17-34(18-16-33)48-32(2)55-30-72-48)57-50(67)41-24-39(71-38-12-8-6-9-13-38)27-61(41)51(68)49(52(3,4)5)58-43(64)14-10-7-11-21-54-44(65)28-60-26-37(25-56-60)35-19-20-36-23-42(63)47(46(53)40(36)22-35)62-29-45(66)59-73(62,69)70/h6,8-9,12-13,15-20,22-23,25-26,30-31,39,41,49,63H,7,10-11,14,21,24,27-29H2,1-5H3,(H,54,65)(H,57,67)(H,58,64)(H,59,66)/t31-,39+,41-,49+/m0/s1. The normalized spacial score (nSPS) is 17.3. The zero-order valence-corrected chi connectivity index (χ0v) is 42.7. The van der Waals surface area contributed by atoms with Crippen LogP contribution in [0.2, 0.25) is 0 Å². The Morgan fingerprint density at radius 1 is 0.959 bits per heavy atom. The predicted octanol–water partition coefficient (Wildman–Crippen LogP) is 6.29. The number of fused-ring (bicyclic) bond motifs is 1. The first-order chi connectivity index (χ1) is 34.7. The smallest absolute Gasteiger partial charge is 0.326 e. The molecule has 5 amide bonds. The number of thiazole rings is 1. The molecule has 6 aromatic rings. The number of benzene rings is 4. The van der Waals surface area contributed by atoms with Crippen molar-refractivity contribution in [3.63, 3.8) is 0 Å². The number of carbonyl (C=O) groups is 5. The molecule has 4 aromatic carbocycles. The number of anilines is 1. The van der Waals surface area contributed by atoms with Crippen molar-refractivity contribution in [3.8, 4) is 33.1 Å². The molecule has 4 heterocycles. The average Bonchev–Trinajstić information content (AvgIpc) is 4.15. The number of amides is 5. The van der Waals surface area contributed by atoms with E-state index in [1.807, 2.05) is 94.7 Å². The number of para-hydroxylation sites is 1. The fourth-order valence-electron chi connectivity index (χ4n) is 9.02. The van der Waals surface area contributed by atoms with E-state index in [1.165, 1.54) is 27.9 Å². The third-order valence-electron chi connectivity index (χ3n) is 12.9. The third kappa shape index (κ3) is 12.1. The number of carbonyl (C=O) groups excluding carboxylic acids is 5. The number of hydrogen-bond acceptors (Lipinski definition) is 12. The summed E-state index contributed by atoms with van der Waals surface area (Å²) in [6, 6.07) is 21.0. The van der Waals surface area contributed by atoms with E-state index in [1.54, 1.807) is 34.4 Å². The van der Waals surface area contributed by atoms with Crippen LogP contribution in [0.5, 0.6) is 11.5 Å². The van der Waals surface area contributed by atoms with Crippen molar-refractivity contribution < 1.29 is 46.6 Å². The Hall–Kier alpha value is -7.39. The summed E-state index contributed by atoms with van der Waals surface area (Å²) in [5.74, 6) is -3.23. The van der Waals surface area contributed by atoms with E-state index in [-0.39, 0.29) is 61.0 Å². The second-order valence-electron chi connectivity index (χ2n) is 19.4. The molecular formula is C52H58FN9O9S2. The number of aryl methyl sites for hydroxylation is 1. The number of halogens is 1. The van der Waals surface area contributed by atoms with E-state index in [2.05, 4.69) is 26.0 Å². The van der Waals surface area contributed by atoms with Crippen LogP contribution in [0, 0.1) is 18.2 Å². The minimum absolute atomic E-state index is 0.00212. The van der Waals surface area contributed by atoms with Crippen LogP contribution in [0.3, 0.4) is 0 Å². The lowest BCUT2D eigenvalue weighted by Gasteiger charge is -2.35. The van der Waals surface area contributed by atoms with Crippen molar-refractivity contribution in [3.05, 3.63) is 114 Å². The molecule has 2 aromatic heterocycles. The van der Waals surface area contributed by atoms with Crippen molar-refractivity contribution in [2.75, 3.05) is 23.9 Å². The maximum atomic E-state index is 15.8. The van der Waals surface area contributed by atoms with E-state index in [4.69, 9.17) is 4.74 Å². The molecule has 0 radical (unpaired) electrons. The van der Waals surface area contributed by atoms with Crippen molar-refractivity contribution >= 4 is 67.5 Å². The van der Waals surface area contributed by atoms with Gasteiger partial charge in [-0.05, 0) is 78.4 Å². The summed E-state index contributed by atoms with van der Waals surface area (Å²) in [7, 11) is -4.39. The first-order valence-electron chi connectivity index (χ1n) is 24.0. The molecule has 0 bridgehead atoms. The van der Waals surface area contributed by atoms with E-state index < -0.39 is 63.5 Å². The van der Waals surface area contributed by atoms with E-state index in [9.17, 15) is 37.5 Å². The molecular weight excluding hydrogens is 978 g/mol. The van der Waals surface area contributed by atoms with Crippen LogP contribution in [-0.4, -0.2) is 101 Å². The van der Waals surface area contributed by atoms with Crippen LogP contribution >= 0.6 is 11.3 Å². The van der Waals surface area contributed by atoms with Crippen LogP contribution in [0.25, 0.3) is 32.3 Å². The maximum absolute atomic E-state index is 15.8. The number of ether oxygens (including phenoxy) is 1. The fraction of sp³-hybridized carbons (Fsp3) is 0.365. The van der Waals surface area contributed by atoms with Crippen molar-refractivity contribution in [1.29, 1.82) is 0 Å². The molecule has 0 saturated carbocycles.